The molecule has 0 saturated heterocycles. The summed E-state index contributed by atoms with van der Waals surface area (Å²) < 4.78 is 22.9. The number of nitrogens with zero attached hydrogens (tertiary/aromatic N) is 4. The smallest absolute Gasteiger partial charge is 0.332 e. The van der Waals surface area contributed by atoms with E-state index in [-0.39, 0.29) is 49.1 Å². The maximum atomic E-state index is 13.2. The highest BCUT2D eigenvalue weighted by molar-refractivity contribution is 5.72. The van der Waals surface area contributed by atoms with Gasteiger partial charge in [0, 0.05) is 20.2 Å². The molecule has 0 unspecified atom stereocenters. The molecule has 0 bridgehead atoms. The van der Waals surface area contributed by atoms with Gasteiger partial charge in [-0.25, -0.2) is 9.18 Å². The first-order chi connectivity index (χ1) is 13.5. The zero-order valence-electron chi connectivity index (χ0n) is 15.9. The second-order valence-corrected chi connectivity index (χ2v) is 6.50. The van der Waals surface area contributed by atoms with Crippen molar-refractivity contribution in [1.29, 1.82) is 0 Å². The number of aryl methyl sites for hydroxylation is 1. The largest absolute Gasteiger partial charge is 0.465 e. The van der Waals surface area contributed by atoms with Gasteiger partial charge < -0.3 is 9.84 Å². The van der Waals surface area contributed by atoms with Crippen LogP contribution in [0.15, 0.2) is 33.9 Å². The molecule has 2 aromatic heterocycles. The maximum absolute atomic E-state index is 13.2. The van der Waals surface area contributed by atoms with E-state index in [4.69, 9.17) is 9.84 Å². The van der Waals surface area contributed by atoms with Crippen LogP contribution in [-0.2, 0) is 20.1 Å². The highest BCUT2D eigenvalue weighted by Crippen LogP contribution is 2.20. The average molecular weight is 390 g/mol. The fourth-order valence-corrected chi connectivity index (χ4v) is 3.00. The summed E-state index contributed by atoms with van der Waals surface area (Å²) in [7, 11) is 1.54. The van der Waals surface area contributed by atoms with Crippen LogP contribution in [0.3, 0.4) is 0 Å². The van der Waals surface area contributed by atoms with Gasteiger partial charge in [-0.15, -0.1) is 0 Å². The molecule has 9 heteroatoms. The van der Waals surface area contributed by atoms with E-state index in [9.17, 15) is 14.0 Å². The molecule has 1 N–H and O–H groups in total. The second-order valence-electron chi connectivity index (χ2n) is 6.50. The minimum atomic E-state index is -0.501. The summed E-state index contributed by atoms with van der Waals surface area (Å²) in [4.78, 5) is 30.0. The van der Waals surface area contributed by atoms with Crippen LogP contribution in [-0.4, -0.2) is 37.0 Å². The van der Waals surface area contributed by atoms with Crippen LogP contribution in [0, 0.1) is 5.82 Å². The number of benzene rings is 1. The van der Waals surface area contributed by atoms with Crippen molar-refractivity contribution in [3.05, 3.63) is 56.5 Å². The van der Waals surface area contributed by atoms with Crippen LogP contribution in [0.2, 0.25) is 0 Å². The van der Waals surface area contributed by atoms with E-state index >= 15 is 0 Å². The van der Waals surface area contributed by atoms with Crippen LogP contribution in [0.1, 0.15) is 25.3 Å². The third kappa shape index (κ3) is 3.70. The Morgan fingerprint density at radius 3 is 2.54 bits per heavy atom. The lowest BCUT2D eigenvalue weighted by Crippen LogP contribution is -2.39. The zero-order valence-corrected chi connectivity index (χ0v) is 15.9. The third-order valence-corrected chi connectivity index (χ3v) is 4.43. The zero-order chi connectivity index (χ0) is 20.3. The first-order valence-corrected chi connectivity index (χ1v) is 9.16. The molecule has 0 aliphatic heterocycles. The van der Waals surface area contributed by atoms with E-state index in [1.54, 1.807) is 23.7 Å². The first-order valence-electron chi connectivity index (χ1n) is 9.16. The van der Waals surface area contributed by atoms with E-state index in [0.717, 1.165) is 16.6 Å². The van der Waals surface area contributed by atoms with Gasteiger partial charge in [0.15, 0.2) is 11.2 Å². The number of rotatable bonds is 8. The summed E-state index contributed by atoms with van der Waals surface area (Å²) in [5.41, 5.74) is 0.225. The molecule has 0 aliphatic carbocycles. The Morgan fingerprint density at radius 2 is 1.89 bits per heavy atom. The molecule has 0 aliphatic rings. The van der Waals surface area contributed by atoms with Crippen molar-refractivity contribution in [2.75, 3.05) is 13.2 Å². The number of hydrogen-bond acceptors (Lipinski definition) is 5. The summed E-state index contributed by atoms with van der Waals surface area (Å²) in [6, 6.07) is 6.16. The average Bonchev–Trinajstić information content (AvgIpc) is 3.05. The van der Waals surface area contributed by atoms with Crippen molar-refractivity contribution < 1.29 is 14.2 Å². The van der Waals surface area contributed by atoms with Crippen molar-refractivity contribution in [2.24, 2.45) is 7.05 Å². The maximum Gasteiger partial charge on any atom is 0.332 e. The molecule has 3 aromatic rings. The van der Waals surface area contributed by atoms with Crippen molar-refractivity contribution in [1.82, 2.24) is 18.7 Å². The number of imidazole rings is 1. The third-order valence-electron chi connectivity index (χ3n) is 4.43. The molecule has 3 rings (SSSR count). The normalized spacial score (nSPS) is 11.3. The number of aliphatic hydroxyl groups excluding tert-OH is 1. The SMILES string of the molecule is CCCOc1nc2c(c(=O)n(CCCO)c(=O)n2C)n1Cc1ccc(F)cc1. The Morgan fingerprint density at radius 1 is 1.18 bits per heavy atom. The van der Waals surface area contributed by atoms with Gasteiger partial charge in [-0.05, 0) is 30.5 Å². The van der Waals surface area contributed by atoms with E-state index < -0.39 is 11.2 Å². The number of fused-ring (bicyclic) bond motifs is 1. The monoisotopic (exact) mass is 390 g/mol. The molecule has 1 aromatic carbocycles. The van der Waals surface area contributed by atoms with Gasteiger partial charge in [-0.3, -0.25) is 18.5 Å². The quantitative estimate of drug-likeness (QED) is 0.625. The fourth-order valence-electron chi connectivity index (χ4n) is 3.00. The Bertz CT molecular complexity index is 1080. The molecule has 0 radical (unpaired) electrons. The van der Waals surface area contributed by atoms with E-state index in [1.165, 1.54) is 16.7 Å². The fraction of sp³-hybridized carbons (Fsp3) is 0.421. The van der Waals surface area contributed by atoms with Crippen molar-refractivity contribution in [3.8, 4) is 6.01 Å². The van der Waals surface area contributed by atoms with Crippen LogP contribution in [0.5, 0.6) is 6.01 Å². The number of aromatic nitrogens is 4. The standard InChI is InChI=1S/C19H23FN4O4/c1-3-11-28-18-21-16-15(24(18)12-13-5-7-14(20)8-6-13)17(26)23(9-4-10-25)19(27)22(16)2/h5-8,25H,3-4,9-12H2,1-2H3. The Balaban J connectivity index is 2.22. The molecular formula is C19H23FN4O4. The van der Waals surface area contributed by atoms with Gasteiger partial charge in [0.1, 0.15) is 5.82 Å². The Labute approximate surface area is 160 Å². The molecule has 8 nitrogen and oxygen atoms in total. The molecule has 0 saturated carbocycles. The molecular weight excluding hydrogens is 367 g/mol. The van der Waals surface area contributed by atoms with E-state index in [1.807, 2.05) is 6.92 Å². The van der Waals surface area contributed by atoms with Crippen LogP contribution in [0.25, 0.3) is 11.2 Å². The van der Waals surface area contributed by atoms with Gasteiger partial charge in [-0.1, -0.05) is 19.1 Å². The lowest BCUT2D eigenvalue weighted by atomic mass is 10.2. The number of aliphatic hydroxyl groups is 1. The number of halogens is 1. The highest BCUT2D eigenvalue weighted by Gasteiger charge is 2.21. The molecule has 150 valence electrons. The first kappa shape index (κ1) is 19.8. The van der Waals surface area contributed by atoms with Gasteiger partial charge in [0.25, 0.3) is 11.6 Å². The Kier molecular flexibility index (Phi) is 5.93. The van der Waals surface area contributed by atoms with E-state index in [2.05, 4.69) is 4.98 Å². The van der Waals surface area contributed by atoms with Gasteiger partial charge in [-0.2, -0.15) is 4.98 Å². The number of hydrogen-bond donors (Lipinski definition) is 1. The summed E-state index contributed by atoms with van der Waals surface area (Å²) in [5.74, 6) is -0.351. The van der Waals surface area contributed by atoms with Crippen molar-refractivity contribution in [3.63, 3.8) is 0 Å². The molecule has 0 spiro atoms. The molecule has 0 fully saturated rings. The van der Waals surface area contributed by atoms with E-state index in [0.29, 0.717) is 6.61 Å². The van der Waals surface area contributed by atoms with Gasteiger partial charge in [0.2, 0.25) is 0 Å². The summed E-state index contributed by atoms with van der Waals surface area (Å²) in [6.45, 7) is 2.56. The molecule has 28 heavy (non-hydrogen) atoms. The number of ether oxygens (including phenoxy) is 1. The van der Waals surface area contributed by atoms with Crippen LogP contribution >= 0.6 is 0 Å². The lowest BCUT2D eigenvalue weighted by molar-refractivity contribution is 0.277. The predicted molar refractivity (Wildman–Crippen MR) is 102 cm³/mol. The predicted octanol–water partition coefficient (Wildman–Crippen LogP) is 1.26. The molecule has 0 amide bonds. The summed E-state index contributed by atoms with van der Waals surface area (Å²) >= 11 is 0. The highest BCUT2D eigenvalue weighted by atomic mass is 19.1. The lowest BCUT2D eigenvalue weighted by Gasteiger charge is -2.11. The topological polar surface area (TPSA) is 91.3 Å². The minimum absolute atomic E-state index is 0.102. The van der Waals surface area contributed by atoms with Gasteiger partial charge in [0.05, 0.1) is 13.2 Å². The summed E-state index contributed by atoms with van der Waals surface area (Å²) in [5, 5.41) is 9.07. The minimum Gasteiger partial charge on any atom is -0.465 e. The Hall–Kier alpha value is -2.94. The second kappa shape index (κ2) is 8.39. The van der Waals surface area contributed by atoms with Crippen LogP contribution in [0.4, 0.5) is 4.39 Å². The van der Waals surface area contributed by atoms with Gasteiger partial charge >= 0.3 is 5.69 Å². The molecule has 2 heterocycles. The summed E-state index contributed by atoms with van der Waals surface area (Å²) in [6.07, 6.45) is 1.03. The van der Waals surface area contributed by atoms with Crippen LogP contribution < -0.4 is 16.0 Å². The van der Waals surface area contributed by atoms with Crippen molar-refractivity contribution in [2.45, 2.75) is 32.9 Å². The molecule has 0 atom stereocenters. The van der Waals surface area contributed by atoms with Crippen molar-refractivity contribution >= 4 is 11.2 Å².